The van der Waals surface area contributed by atoms with Crippen LogP contribution in [-0.2, 0) is 23.2 Å². The van der Waals surface area contributed by atoms with E-state index in [1.54, 1.807) is 4.57 Å². The highest BCUT2D eigenvalue weighted by molar-refractivity contribution is 5.80. The fourth-order valence-electron chi connectivity index (χ4n) is 3.34. The summed E-state index contributed by atoms with van der Waals surface area (Å²) in [5.74, 6) is 0.205. The van der Waals surface area contributed by atoms with E-state index in [1.165, 1.54) is 0 Å². The zero-order valence-corrected chi connectivity index (χ0v) is 15.7. The molecule has 2 aromatic rings. The summed E-state index contributed by atoms with van der Waals surface area (Å²) < 4.78 is 1.59. The lowest BCUT2D eigenvalue weighted by Gasteiger charge is -2.16. The Balaban J connectivity index is 1.83. The number of rotatable bonds is 4. The van der Waals surface area contributed by atoms with Gasteiger partial charge in [-0.3, -0.25) is 14.2 Å². The molecule has 2 aromatic heterocycles. The normalized spacial score (nSPS) is 17.9. The molecule has 2 atom stereocenters. The number of carbonyl (C=O) groups is 1. The number of nitrogens with zero attached hydrogens (tertiary/aromatic N) is 2. The maximum Gasteiger partial charge on any atom is 0.277 e. The van der Waals surface area contributed by atoms with Gasteiger partial charge in [0.25, 0.3) is 5.56 Å². The predicted octanol–water partition coefficient (Wildman–Crippen LogP) is 2.16. The molecule has 1 aliphatic heterocycles. The topological polar surface area (TPSA) is 100 Å². The van der Waals surface area contributed by atoms with E-state index >= 15 is 0 Å². The van der Waals surface area contributed by atoms with Crippen molar-refractivity contribution >= 4 is 16.9 Å². The van der Waals surface area contributed by atoms with Crippen LogP contribution in [0.3, 0.4) is 0 Å². The van der Waals surface area contributed by atoms with Gasteiger partial charge >= 0.3 is 0 Å². The minimum atomic E-state index is -0.335. The van der Waals surface area contributed by atoms with Gasteiger partial charge in [-0.2, -0.15) is 0 Å². The molecule has 7 heteroatoms. The Hall–Kier alpha value is -2.57. The average Bonchev–Trinajstić information content (AvgIpc) is 3.10. The fourth-order valence-corrected chi connectivity index (χ4v) is 3.34. The van der Waals surface area contributed by atoms with Gasteiger partial charge in [0.2, 0.25) is 5.91 Å². The van der Waals surface area contributed by atoms with Gasteiger partial charge in [-0.1, -0.05) is 27.4 Å². The smallest absolute Gasteiger partial charge is 0.277 e. The number of H-pyrrole nitrogens is 1. The zero-order valence-electron chi connectivity index (χ0n) is 15.7. The average molecular weight is 358 g/mol. The van der Waals surface area contributed by atoms with Crippen molar-refractivity contribution < 1.29 is 9.90 Å². The second-order valence-corrected chi connectivity index (χ2v) is 8.22. The molecule has 0 fully saturated rings. The molecule has 1 aliphatic rings. The molecule has 0 bridgehead atoms. The van der Waals surface area contributed by atoms with E-state index in [4.69, 9.17) is 0 Å². The van der Waals surface area contributed by atoms with Crippen molar-refractivity contribution in [3.63, 3.8) is 0 Å². The highest BCUT2D eigenvalue weighted by atomic mass is 16.3. The van der Waals surface area contributed by atoms with Crippen molar-refractivity contribution in [3.05, 3.63) is 40.3 Å². The standard InChI is InChI=1S/C19H26N4O3/c1-10(6-11(2)24)20-17(25)12-7-15-21-13-8-14(19(3,4)5)22-16(13)18(26)23(15)9-12/h8,10,12,22,24H,2,6-7,9H2,1,3-5H3,(H,20,25)/t10-,12-/m1/s1. The third-order valence-electron chi connectivity index (χ3n) is 4.76. The molecule has 140 valence electrons. The van der Waals surface area contributed by atoms with Crippen LogP contribution < -0.4 is 10.9 Å². The van der Waals surface area contributed by atoms with Gasteiger partial charge in [-0.15, -0.1) is 0 Å². The van der Waals surface area contributed by atoms with Crippen LogP contribution in [0, 0.1) is 5.92 Å². The molecule has 7 nitrogen and oxygen atoms in total. The van der Waals surface area contributed by atoms with Crippen molar-refractivity contribution in [2.45, 2.75) is 58.5 Å². The van der Waals surface area contributed by atoms with E-state index in [-0.39, 0.29) is 34.6 Å². The maximum atomic E-state index is 12.8. The zero-order chi connectivity index (χ0) is 19.2. The number of nitrogens with one attached hydrogen (secondary N) is 2. The van der Waals surface area contributed by atoms with Crippen molar-refractivity contribution in [2.24, 2.45) is 5.92 Å². The summed E-state index contributed by atoms with van der Waals surface area (Å²) in [6.07, 6.45) is 0.738. The summed E-state index contributed by atoms with van der Waals surface area (Å²) in [4.78, 5) is 33.1. The number of fused-ring (bicyclic) bond motifs is 2. The third-order valence-corrected chi connectivity index (χ3v) is 4.76. The lowest BCUT2D eigenvalue weighted by molar-refractivity contribution is -0.125. The molecule has 0 radical (unpaired) electrons. The highest BCUT2D eigenvalue weighted by Gasteiger charge is 2.31. The molecule has 1 amide bonds. The summed E-state index contributed by atoms with van der Waals surface area (Å²) >= 11 is 0. The Bertz CT molecular complexity index is 933. The Morgan fingerprint density at radius 3 is 2.85 bits per heavy atom. The van der Waals surface area contributed by atoms with E-state index in [1.807, 2.05) is 13.0 Å². The Labute approximate surface area is 152 Å². The number of carbonyl (C=O) groups excluding carboxylic acids is 1. The molecular weight excluding hydrogens is 332 g/mol. The van der Waals surface area contributed by atoms with Crippen LogP contribution >= 0.6 is 0 Å². The number of aromatic amines is 1. The largest absolute Gasteiger partial charge is 0.513 e. The second kappa shape index (κ2) is 6.30. The van der Waals surface area contributed by atoms with E-state index in [0.29, 0.717) is 36.2 Å². The highest BCUT2D eigenvalue weighted by Crippen LogP contribution is 2.25. The minimum absolute atomic E-state index is 0.0364. The lowest BCUT2D eigenvalue weighted by Crippen LogP contribution is -2.38. The molecule has 0 saturated carbocycles. The summed E-state index contributed by atoms with van der Waals surface area (Å²) in [6, 6.07) is 1.71. The van der Waals surface area contributed by atoms with Gasteiger partial charge < -0.3 is 15.4 Å². The number of amides is 1. The third kappa shape index (κ3) is 3.38. The van der Waals surface area contributed by atoms with Crippen LogP contribution in [0.15, 0.2) is 23.2 Å². The van der Waals surface area contributed by atoms with Crippen molar-refractivity contribution in [2.75, 3.05) is 0 Å². The molecule has 0 unspecified atom stereocenters. The molecule has 26 heavy (non-hydrogen) atoms. The monoisotopic (exact) mass is 358 g/mol. The van der Waals surface area contributed by atoms with E-state index in [0.717, 1.165) is 5.69 Å². The Morgan fingerprint density at radius 2 is 2.23 bits per heavy atom. The summed E-state index contributed by atoms with van der Waals surface area (Å²) in [6.45, 7) is 11.8. The minimum Gasteiger partial charge on any atom is -0.513 e. The first-order valence-corrected chi connectivity index (χ1v) is 8.86. The SMILES string of the molecule is C=C(O)C[C@@H](C)NC(=O)[C@@H]1Cc2nc3cc(C(C)(C)C)[nH]c3c(=O)n2C1. The van der Waals surface area contributed by atoms with Gasteiger partial charge in [0.1, 0.15) is 11.3 Å². The first-order chi connectivity index (χ1) is 12.1. The van der Waals surface area contributed by atoms with Crippen molar-refractivity contribution in [1.29, 1.82) is 0 Å². The molecule has 3 rings (SSSR count). The van der Waals surface area contributed by atoms with E-state index in [9.17, 15) is 14.7 Å². The van der Waals surface area contributed by atoms with Gasteiger partial charge in [-0.05, 0) is 13.0 Å². The second-order valence-electron chi connectivity index (χ2n) is 8.22. The lowest BCUT2D eigenvalue weighted by atomic mass is 9.93. The van der Waals surface area contributed by atoms with E-state index in [2.05, 4.69) is 42.6 Å². The maximum absolute atomic E-state index is 12.8. The number of aromatic nitrogens is 3. The summed E-state index contributed by atoms with van der Waals surface area (Å²) in [7, 11) is 0. The molecule has 0 aliphatic carbocycles. The van der Waals surface area contributed by atoms with Crippen LogP contribution in [-0.4, -0.2) is 31.6 Å². The number of hydrogen-bond donors (Lipinski definition) is 3. The summed E-state index contributed by atoms with van der Waals surface area (Å²) in [5, 5.41) is 12.1. The fraction of sp³-hybridized carbons (Fsp3) is 0.526. The molecule has 0 spiro atoms. The quantitative estimate of drug-likeness (QED) is 0.729. The number of aliphatic hydroxyl groups is 1. The van der Waals surface area contributed by atoms with Crippen LogP contribution in [0.5, 0.6) is 0 Å². The molecule has 0 saturated heterocycles. The van der Waals surface area contributed by atoms with Crippen molar-refractivity contribution in [3.8, 4) is 0 Å². The first kappa shape index (κ1) is 18.2. The molecular formula is C19H26N4O3. The predicted molar refractivity (Wildman–Crippen MR) is 100 cm³/mol. The van der Waals surface area contributed by atoms with Crippen LogP contribution in [0.25, 0.3) is 11.0 Å². The van der Waals surface area contributed by atoms with Crippen LogP contribution in [0.1, 0.15) is 45.6 Å². The number of hydrogen-bond acceptors (Lipinski definition) is 4. The van der Waals surface area contributed by atoms with Gasteiger partial charge in [0, 0.05) is 36.5 Å². The first-order valence-electron chi connectivity index (χ1n) is 8.86. The van der Waals surface area contributed by atoms with Gasteiger partial charge in [-0.25, -0.2) is 4.98 Å². The van der Waals surface area contributed by atoms with Crippen molar-refractivity contribution in [1.82, 2.24) is 19.9 Å². The van der Waals surface area contributed by atoms with Gasteiger partial charge in [0.15, 0.2) is 0 Å². The van der Waals surface area contributed by atoms with Gasteiger partial charge in [0.05, 0.1) is 17.2 Å². The molecule has 3 N–H and O–H groups in total. The Morgan fingerprint density at radius 1 is 1.54 bits per heavy atom. The molecule has 3 heterocycles. The molecule has 0 aromatic carbocycles. The summed E-state index contributed by atoms with van der Waals surface area (Å²) in [5.41, 5.74) is 1.88. The van der Waals surface area contributed by atoms with Crippen LogP contribution in [0.2, 0.25) is 0 Å². The van der Waals surface area contributed by atoms with Crippen LogP contribution in [0.4, 0.5) is 0 Å². The Kier molecular flexibility index (Phi) is 4.42. The van der Waals surface area contributed by atoms with E-state index < -0.39 is 0 Å². The number of aliphatic hydroxyl groups excluding tert-OH is 1.